The van der Waals surface area contributed by atoms with Crippen molar-refractivity contribution in [1.29, 1.82) is 0 Å². The van der Waals surface area contributed by atoms with Gasteiger partial charge in [-0.2, -0.15) is 4.31 Å². The highest BCUT2D eigenvalue weighted by atomic mass is 32.2. The molecule has 1 aromatic heterocycles. The van der Waals surface area contributed by atoms with Gasteiger partial charge in [0.1, 0.15) is 16.5 Å². The minimum absolute atomic E-state index is 0.237. The number of carbonyl (C=O) groups is 1. The summed E-state index contributed by atoms with van der Waals surface area (Å²) >= 11 is 0. The zero-order valence-corrected chi connectivity index (χ0v) is 15.6. The summed E-state index contributed by atoms with van der Waals surface area (Å²) in [5.41, 5.74) is 0.128. The summed E-state index contributed by atoms with van der Waals surface area (Å²) in [4.78, 5) is 22.7. The van der Waals surface area contributed by atoms with Crippen LogP contribution in [0.1, 0.15) is 22.6 Å². The van der Waals surface area contributed by atoms with Crippen LogP contribution >= 0.6 is 0 Å². The lowest BCUT2D eigenvalue weighted by molar-refractivity contribution is -0.0982. The van der Waals surface area contributed by atoms with Crippen LogP contribution in [0.5, 0.6) is 0 Å². The normalized spacial score (nSPS) is 32.6. The van der Waals surface area contributed by atoms with Crippen LogP contribution in [0.4, 0.5) is 0 Å². The second kappa shape index (κ2) is 6.22. The van der Waals surface area contributed by atoms with Crippen LogP contribution in [0.3, 0.4) is 0 Å². The Balaban J connectivity index is 1.58. The molecule has 3 atom stereocenters. The fourth-order valence-electron chi connectivity index (χ4n) is 4.16. The van der Waals surface area contributed by atoms with E-state index in [2.05, 4.69) is 9.97 Å². The molecule has 1 spiro atoms. The van der Waals surface area contributed by atoms with E-state index in [-0.39, 0.29) is 30.8 Å². The van der Waals surface area contributed by atoms with Crippen LogP contribution in [0.25, 0.3) is 0 Å². The molecular weight excluding hydrogens is 360 g/mol. The molecule has 9 nitrogen and oxygen atoms in total. The fourth-order valence-corrected chi connectivity index (χ4v) is 6.46. The molecule has 0 unspecified atom stereocenters. The minimum atomic E-state index is -3.46. The number of ether oxygens (including phenoxy) is 2. The minimum Gasteiger partial charge on any atom is -0.383 e. The highest BCUT2D eigenvalue weighted by molar-refractivity contribution is 7.90. The molecule has 3 saturated heterocycles. The lowest BCUT2D eigenvalue weighted by atomic mass is 9.99. The molecule has 3 fully saturated rings. The van der Waals surface area contributed by atoms with Crippen molar-refractivity contribution in [2.75, 3.05) is 39.9 Å². The molecule has 3 aliphatic heterocycles. The first-order valence-electron chi connectivity index (χ1n) is 8.59. The predicted octanol–water partition coefficient (Wildman–Crippen LogP) is -0.571. The fraction of sp³-hybridized carbons (Fsp3) is 0.688. The quantitative estimate of drug-likeness (QED) is 0.687. The van der Waals surface area contributed by atoms with Crippen molar-refractivity contribution < 1.29 is 22.7 Å². The van der Waals surface area contributed by atoms with E-state index in [0.29, 0.717) is 26.1 Å². The third-order valence-electron chi connectivity index (χ3n) is 5.34. The first kappa shape index (κ1) is 17.8. The Morgan fingerprint density at radius 3 is 2.88 bits per heavy atom. The molecule has 0 aliphatic carbocycles. The largest absolute Gasteiger partial charge is 0.383 e. The molecule has 10 heteroatoms. The third kappa shape index (κ3) is 2.72. The second-order valence-electron chi connectivity index (χ2n) is 7.13. The molecular formula is C16H22N4O5S. The molecule has 2 bridgehead atoms. The zero-order chi connectivity index (χ0) is 18.5. The second-order valence-corrected chi connectivity index (χ2v) is 9.24. The maximum Gasteiger partial charge on any atom is 0.274 e. The molecule has 0 radical (unpaired) electrons. The van der Waals surface area contributed by atoms with Gasteiger partial charge in [0.25, 0.3) is 5.91 Å². The van der Waals surface area contributed by atoms with Gasteiger partial charge in [0.05, 0.1) is 31.1 Å². The molecule has 1 aromatic rings. The molecule has 26 heavy (non-hydrogen) atoms. The number of rotatable bonds is 4. The van der Waals surface area contributed by atoms with Gasteiger partial charge in [-0.15, -0.1) is 0 Å². The van der Waals surface area contributed by atoms with Crippen molar-refractivity contribution in [2.24, 2.45) is 0 Å². The SMILES string of the molecule is COCCN1C[C@@]23CN(C(=O)c4cnc(C)cn4)C[C@@H](C[C@@H]2S1(=O)=O)O3. The number of hydrogen-bond acceptors (Lipinski definition) is 7. The van der Waals surface area contributed by atoms with Crippen molar-refractivity contribution in [3.63, 3.8) is 0 Å². The van der Waals surface area contributed by atoms with E-state index in [1.165, 1.54) is 17.6 Å². The van der Waals surface area contributed by atoms with Crippen LogP contribution in [0.2, 0.25) is 0 Å². The van der Waals surface area contributed by atoms with Crippen molar-refractivity contribution in [1.82, 2.24) is 19.2 Å². The summed E-state index contributed by atoms with van der Waals surface area (Å²) in [7, 11) is -1.92. The maximum absolute atomic E-state index is 12.9. The third-order valence-corrected chi connectivity index (χ3v) is 7.72. The molecule has 3 aliphatic rings. The smallest absolute Gasteiger partial charge is 0.274 e. The lowest BCUT2D eigenvalue weighted by Crippen LogP contribution is -2.56. The first-order valence-corrected chi connectivity index (χ1v) is 10.1. The number of likely N-dealkylation sites (tertiary alicyclic amines) is 1. The van der Waals surface area contributed by atoms with Crippen LogP contribution < -0.4 is 0 Å². The number of morpholine rings is 1. The van der Waals surface area contributed by atoms with E-state index in [1.807, 2.05) is 0 Å². The Morgan fingerprint density at radius 2 is 2.19 bits per heavy atom. The number of fused-ring (bicyclic) bond motifs is 1. The summed E-state index contributed by atoms with van der Waals surface area (Å²) < 4.78 is 38.3. The van der Waals surface area contributed by atoms with E-state index < -0.39 is 20.9 Å². The number of hydrogen-bond donors (Lipinski definition) is 0. The monoisotopic (exact) mass is 382 g/mol. The van der Waals surface area contributed by atoms with Crippen molar-refractivity contribution in [3.05, 3.63) is 23.8 Å². The zero-order valence-electron chi connectivity index (χ0n) is 14.8. The molecule has 4 heterocycles. The maximum atomic E-state index is 12.9. The van der Waals surface area contributed by atoms with Gasteiger partial charge in [0, 0.05) is 32.9 Å². The highest BCUT2D eigenvalue weighted by Gasteiger charge is 2.65. The summed E-state index contributed by atoms with van der Waals surface area (Å²) in [5.74, 6) is -0.237. The summed E-state index contributed by atoms with van der Waals surface area (Å²) in [6.07, 6.45) is 3.15. The average Bonchev–Trinajstić information content (AvgIpc) is 2.98. The van der Waals surface area contributed by atoms with E-state index in [4.69, 9.17) is 9.47 Å². The van der Waals surface area contributed by atoms with Crippen LogP contribution in [-0.2, 0) is 19.5 Å². The van der Waals surface area contributed by atoms with Gasteiger partial charge >= 0.3 is 0 Å². The number of methoxy groups -OCH3 is 1. The molecule has 0 aromatic carbocycles. The molecule has 142 valence electrons. The average molecular weight is 382 g/mol. The topological polar surface area (TPSA) is 102 Å². The van der Waals surface area contributed by atoms with Gasteiger partial charge in [-0.1, -0.05) is 0 Å². The molecule has 0 saturated carbocycles. The number of carbonyl (C=O) groups excluding carboxylic acids is 1. The van der Waals surface area contributed by atoms with Gasteiger partial charge in [0.15, 0.2) is 0 Å². The van der Waals surface area contributed by atoms with Gasteiger partial charge < -0.3 is 14.4 Å². The molecule has 4 rings (SSSR count). The van der Waals surface area contributed by atoms with Crippen LogP contribution in [-0.4, -0.2) is 90.3 Å². The van der Waals surface area contributed by atoms with Gasteiger partial charge in [-0.05, 0) is 13.3 Å². The van der Waals surface area contributed by atoms with E-state index in [0.717, 1.165) is 5.69 Å². The Kier molecular flexibility index (Phi) is 4.25. The summed E-state index contributed by atoms with van der Waals surface area (Å²) in [5, 5.41) is -0.612. The molecule has 0 N–H and O–H groups in total. The van der Waals surface area contributed by atoms with Crippen LogP contribution in [0.15, 0.2) is 12.4 Å². The summed E-state index contributed by atoms with van der Waals surface area (Å²) in [6.45, 7) is 3.29. The van der Waals surface area contributed by atoms with Gasteiger partial charge in [0.2, 0.25) is 10.0 Å². The number of nitrogens with zero attached hydrogens (tertiary/aromatic N) is 4. The van der Waals surface area contributed by atoms with Crippen LogP contribution in [0, 0.1) is 6.92 Å². The van der Waals surface area contributed by atoms with Crippen molar-refractivity contribution in [2.45, 2.75) is 30.3 Å². The first-order chi connectivity index (χ1) is 12.4. The molecule has 1 amide bonds. The highest BCUT2D eigenvalue weighted by Crippen LogP contribution is 2.46. The Bertz CT molecular complexity index is 814. The number of sulfonamides is 1. The van der Waals surface area contributed by atoms with Gasteiger partial charge in [-0.25, -0.2) is 13.4 Å². The van der Waals surface area contributed by atoms with Crippen molar-refractivity contribution in [3.8, 4) is 0 Å². The Labute approximate surface area is 152 Å². The number of aryl methyl sites for hydroxylation is 1. The van der Waals surface area contributed by atoms with E-state index in [1.54, 1.807) is 18.0 Å². The Morgan fingerprint density at radius 1 is 1.38 bits per heavy atom. The van der Waals surface area contributed by atoms with E-state index >= 15 is 0 Å². The number of aromatic nitrogens is 2. The van der Waals surface area contributed by atoms with E-state index in [9.17, 15) is 13.2 Å². The van der Waals surface area contributed by atoms with Crippen molar-refractivity contribution >= 4 is 15.9 Å². The Hall–Kier alpha value is -1.62. The summed E-state index contributed by atoms with van der Waals surface area (Å²) in [6, 6.07) is 0. The predicted molar refractivity (Wildman–Crippen MR) is 91.1 cm³/mol. The number of amides is 1. The standard InChI is InChI=1S/C16H22N4O5S/c1-11-6-18-13(7-17-11)15(21)19-8-12-5-14-16(9-19,25-12)10-20(3-4-24-2)26(14,22)23/h6-7,12,14H,3-5,8-10H2,1-2H3/t12-,14+,16+/m1/s1. The van der Waals surface area contributed by atoms with Gasteiger partial charge in [-0.3, -0.25) is 9.78 Å². The lowest BCUT2D eigenvalue weighted by Gasteiger charge is -2.39.